The Morgan fingerprint density at radius 3 is 2.31 bits per heavy atom. The second kappa shape index (κ2) is 5.01. The lowest BCUT2D eigenvalue weighted by atomic mass is 9.71. The smallest absolute Gasteiger partial charge is 0.228 e. The number of carbonyl (C=O) groups is 1. The molecule has 0 amide bonds. The van der Waals surface area contributed by atoms with E-state index >= 15 is 0 Å². The second-order valence-corrected chi connectivity index (χ2v) is 5.12. The van der Waals surface area contributed by atoms with Crippen LogP contribution in [-0.4, -0.2) is 5.24 Å². The molecule has 1 aromatic rings. The minimum absolute atomic E-state index is 0.143. The van der Waals surface area contributed by atoms with Crippen LogP contribution >= 0.6 is 11.6 Å². The van der Waals surface area contributed by atoms with Crippen LogP contribution in [0.5, 0.6) is 0 Å². The first-order valence-electron chi connectivity index (χ1n) is 5.97. The quantitative estimate of drug-likeness (QED) is 0.727. The van der Waals surface area contributed by atoms with Crippen LogP contribution in [0.15, 0.2) is 30.3 Å². The maximum absolute atomic E-state index is 11.7. The molecular formula is C14H17ClO. The summed E-state index contributed by atoms with van der Waals surface area (Å²) in [7, 11) is 0. The zero-order valence-electron chi connectivity index (χ0n) is 9.42. The predicted molar refractivity (Wildman–Crippen MR) is 66.5 cm³/mol. The molecule has 0 heterocycles. The Morgan fingerprint density at radius 2 is 1.75 bits per heavy atom. The van der Waals surface area contributed by atoms with Crippen molar-refractivity contribution in [3.05, 3.63) is 35.9 Å². The van der Waals surface area contributed by atoms with Crippen LogP contribution in [-0.2, 0) is 11.2 Å². The minimum Gasteiger partial charge on any atom is -0.281 e. The van der Waals surface area contributed by atoms with Crippen LogP contribution in [0.2, 0.25) is 0 Å². The van der Waals surface area contributed by atoms with Gasteiger partial charge in [-0.15, -0.1) is 0 Å². The third kappa shape index (κ3) is 2.46. The first-order chi connectivity index (χ1) is 7.73. The van der Waals surface area contributed by atoms with Crippen molar-refractivity contribution < 1.29 is 4.79 Å². The highest BCUT2D eigenvalue weighted by Gasteiger charge is 2.38. The van der Waals surface area contributed by atoms with E-state index in [-0.39, 0.29) is 10.7 Å². The number of benzene rings is 1. The fourth-order valence-electron chi connectivity index (χ4n) is 2.66. The number of hydrogen-bond donors (Lipinski definition) is 0. The Hall–Kier alpha value is -0.820. The average Bonchev–Trinajstić information content (AvgIpc) is 2.31. The second-order valence-electron chi connectivity index (χ2n) is 4.78. The first-order valence-corrected chi connectivity index (χ1v) is 6.35. The van der Waals surface area contributed by atoms with Gasteiger partial charge in [0, 0.05) is 5.41 Å². The third-order valence-electron chi connectivity index (χ3n) is 3.61. The van der Waals surface area contributed by atoms with Crippen LogP contribution in [0.3, 0.4) is 0 Å². The Balaban J connectivity index is 2.17. The zero-order valence-corrected chi connectivity index (χ0v) is 10.2. The number of hydrogen-bond acceptors (Lipinski definition) is 1. The van der Waals surface area contributed by atoms with Crippen molar-refractivity contribution in [3.8, 4) is 0 Å². The summed E-state index contributed by atoms with van der Waals surface area (Å²) in [6.45, 7) is 0. The summed E-state index contributed by atoms with van der Waals surface area (Å²) < 4.78 is 0. The molecule has 0 aliphatic heterocycles. The van der Waals surface area contributed by atoms with Gasteiger partial charge in [-0.05, 0) is 36.4 Å². The van der Waals surface area contributed by atoms with Crippen LogP contribution in [0, 0.1) is 5.41 Å². The maximum atomic E-state index is 11.7. The Bertz CT molecular complexity index is 352. The number of rotatable bonds is 3. The van der Waals surface area contributed by atoms with Crippen LogP contribution in [0.4, 0.5) is 0 Å². The minimum atomic E-state index is -0.291. The summed E-state index contributed by atoms with van der Waals surface area (Å²) in [5.41, 5.74) is 0.930. The van der Waals surface area contributed by atoms with E-state index in [1.165, 1.54) is 12.0 Å². The van der Waals surface area contributed by atoms with E-state index in [0.717, 1.165) is 32.1 Å². The molecule has 1 aromatic carbocycles. The van der Waals surface area contributed by atoms with Crippen molar-refractivity contribution in [2.24, 2.45) is 5.41 Å². The highest BCUT2D eigenvalue weighted by molar-refractivity contribution is 6.64. The molecule has 0 N–H and O–H groups in total. The Morgan fingerprint density at radius 1 is 1.12 bits per heavy atom. The average molecular weight is 237 g/mol. The fraction of sp³-hybridized carbons (Fsp3) is 0.500. The summed E-state index contributed by atoms with van der Waals surface area (Å²) in [6, 6.07) is 10.2. The lowest BCUT2D eigenvalue weighted by Gasteiger charge is -2.33. The molecule has 16 heavy (non-hydrogen) atoms. The van der Waals surface area contributed by atoms with Crippen molar-refractivity contribution in [3.63, 3.8) is 0 Å². The summed E-state index contributed by atoms with van der Waals surface area (Å²) in [4.78, 5) is 11.7. The van der Waals surface area contributed by atoms with Crippen molar-refractivity contribution in [2.45, 2.75) is 38.5 Å². The van der Waals surface area contributed by atoms with Gasteiger partial charge in [-0.1, -0.05) is 49.6 Å². The van der Waals surface area contributed by atoms with Crippen molar-refractivity contribution in [1.29, 1.82) is 0 Å². The van der Waals surface area contributed by atoms with Gasteiger partial charge in [-0.3, -0.25) is 4.79 Å². The largest absolute Gasteiger partial charge is 0.281 e. The Kier molecular flexibility index (Phi) is 3.65. The predicted octanol–water partition coefficient (Wildman–Crippen LogP) is 3.95. The molecule has 1 aliphatic rings. The molecule has 2 heteroatoms. The van der Waals surface area contributed by atoms with E-state index in [1.807, 2.05) is 18.2 Å². The molecule has 0 unspecified atom stereocenters. The van der Waals surface area contributed by atoms with E-state index in [4.69, 9.17) is 11.6 Å². The fourth-order valence-corrected chi connectivity index (χ4v) is 2.91. The van der Waals surface area contributed by atoms with E-state index in [0.29, 0.717) is 0 Å². The lowest BCUT2D eigenvalue weighted by molar-refractivity contribution is -0.122. The van der Waals surface area contributed by atoms with Crippen molar-refractivity contribution in [2.75, 3.05) is 0 Å². The lowest BCUT2D eigenvalue weighted by Crippen LogP contribution is -2.32. The van der Waals surface area contributed by atoms with Gasteiger partial charge in [0.05, 0.1) is 0 Å². The van der Waals surface area contributed by atoms with Crippen LogP contribution in [0.1, 0.15) is 37.7 Å². The number of carbonyl (C=O) groups excluding carboxylic acids is 1. The van der Waals surface area contributed by atoms with Gasteiger partial charge in [0.1, 0.15) is 0 Å². The van der Waals surface area contributed by atoms with Gasteiger partial charge >= 0.3 is 0 Å². The third-order valence-corrected chi connectivity index (χ3v) is 4.01. The van der Waals surface area contributed by atoms with Gasteiger partial charge < -0.3 is 0 Å². The molecule has 2 rings (SSSR count). The monoisotopic (exact) mass is 236 g/mol. The molecular weight excluding hydrogens is 220 g/mol. The first kappa shape index (κ1) is 11.7. The standard InChI is InChI=1S/C14H17ClO/c15-13(16)14(9-5-2-6-10-14)11-12-7-3-1-4-8-12/h1,3-4,7-8H,2,5-6,9-11H2. The molecule has 0 atom stereocenters. The molecule has 0 bridgehead atoms. The molecule has 0 saturated heterocycles. The maximum Gasteiger partial charge on any atom is 0.228 e. The van der Waals surface area contributed by atoms with E-state index in [9.17, 15) is 4.79 Å². The zero-order chi connectivity index (χ0) is 11.4. The normalized spacial score (nSPS) is 19.3. The SMILES string of the molecule is O=C(Cl)C1(Cc2ccccc2)CCCCC1. The number of halogens is 1. The summed E-state index contributed by atoms with van der Waals surface area (Å²) in [5, 5.41) is -0.143. The topological polar surface area (TPSA) is 17.1 Å². The van der Waals surface area contributed by atoms with Crippen LogP contribution < -0.4 is 0 Å². The summed E-state index contributed by atoms with van der Waals surface area (Å²) >= 11 is 5.82. The van der Waals surface area contributed by atoms with E-state index < -0.39 is 0 Å². The summed E-state index contributed by atoms with van der Waals surface area (Å²) in [6.07, 6.45) is 6.20. The molecule has 1 fully saturated rings. The van der Waals surface area contributed by atoms with Crippen molar-refractivity contribution >= 4 is 16.8 Å². The highest BCUT2D eigenvalue weighted by atomic mass is 35.5. The molecule has 0 spiro atoms. The van der Waals surface area contributed by atoms with Gasteiger partial charge in [0.25, 0.3) is 0 Å². The molecule has 1 nitrogen and oxygen atoms in total. The molecule has 1 aliphatic carbocycles. The molecule has 1 saturated carbocycles. The Labute approximate surface area is 102 Å². The van der Waals surface area contributed by atoms with Crippen molar-refractivity contribution in [1.82, 2.24) is 0 Å². The van der Waals surface area contributed by atoms with E-state index in [2.05, 4.69) is 12.1 Å². The van der Waals surface area contributed by atoms with Gasteiger partial charge in [0.2, 0.25) is 5.24 Å². The molecule has 86 valence electrons. The van der Waals surface area contributed by atoms with E-state index in [1.54, 1.807) is 0 Å². The molecule has 0 aromatic heterocycles. The highest BCUT2D eigenvalue weighted by Crippen LogP contribution is 2.41. The summed E-state index contributed by atoms with van der Waals surface area (Å²) in [5.74, 6) is 0. The van der Waals surface area contributed by atoms with Gasteiger partial charge in [-0.25, -0.2) is 0 Å². The van der Waals surface area contributed by atoms with Gasteiger partial charge in [-0.2, -0.15) is 0 Å². The molecule has 0 radical (unpaired) electrons. The van der Waals surface area contributed by atoms with Crippen LogP contribution in [0.25, 0.3) is 0 Å². The van der Waals surface area contributed by atoms with Gasteiger partial charge in [0.15, 0.2) is 0 Å².